The molecule has 0 bridgehead atoms. The van der Waals surface area contributed by atoms with E-state index in [4.69, 9.17) is 0 Å². The number of carbonyl (C=O) groups is 1. The van der Waals surface area contributed by atoms with Crippen LogP contribution in [-0.4, -0.2) is 29.8 Å². The van der Waals surface area contributed by atoms with E-state index in [0.717, 1.165) is 17.7 Å². The van der Waals surface area contributed by atoms with Crippen LogP contribution in [0.2, 0.25) is 0 Å². The van der Waals surface area contributed by atoms with E-state index in [1.54, 1.807) is 0 Å². The molecule has 1 fully saturated rings. The molecule has 0 radical (unpaired) electrons. The van der Waals surface area contributed by atoms with Gasteiger partial charge >= 0.3 is 0 Å². The van der Waals surface area contributed by atoms with Crippen LogP contribution >= 0.6 is 0 Å². The quantitative estimate of drug-likeness (QED) is 0.762. The molecule has 1 aromatic carbocycles. The van der Waals surface area contributed by atoms with Crippen molar-refractivity contribution < 1.29 is 4.79 Å². The van der Waals surface area contributed by atoms with Crippen molar-refractivity contribution in [1.29, 1.82) is 0 Å². The lowest BCUT2D eigenvalue weighted by atomic mass is 9.94. The van der Waals surface area contributed by atoms with E-state index in [2.05, 4.69) is 18.7 Å². The first-order chi connectivity index (χ1) is 8.56. The van der Waals surface area contributed by atoms with Crippen LogP contribution in [0, 0.1) is 12.8 Å². The van der Waals surface area contributed by atoms with E-state index >= 15 is 0 Å². The Hall–Kier alpha value is -1.15. The number of piperidine rings is 1. The fourth-order valence-electron chi connectivity index (χ4n) is 2.69. The van der Waals surface area contributed by atoms with E-state index in [0.29, 0.717) is 18.5 Å². The summed E-state index contributed by atoms with van der Waals surface area (Å²) in [5.74, 6) is 0.964. The number of aryl methyl sites for hydroxylation is 1. The molecule has 0 N–H and O–H groups in total. The van der Waals surface area contributed by atoms with Crippen molar-refractivity contribution in [2.24, 2.45) is 5.92 Å². The van der Waals surface area contributed by atoms with E-state index in [-0.39, 0.29) is 5.78 Å². The van der Waals surface area contributed by atoms with Crippen molar-refractivity contribution in [3.8, 4) is 0 Å². The Balaban J connectivity index is 2.02. The third-order valence-electron chi connectivity index (χ3n) is 3.93. The van der Waals surface area contributed by atoms with Crippen LogP contribution in [0.3, 0.4) is 0 Å². The van der Waals surface area contributed by atoms with Gasteiger partial charge in [0.05, 0.1) is 6.54 Å². The normalized spacial score (nSPS) is 25.1. The first-order valence-electron chi connectivity index (χ1n) is 6.90. The molecule has 98 valence electrons. The van der Waals surface area contributed by atoms with Crippen LogP contribution in [0.4, 0.5) is 0 Å². The lowest BCUT2D eigenvalue weighted by molar-refractivity contribution is 0.0805. The number of rotatable bonds is 3. The minimum Gasteiger partial charge on any atom is -0.293 e. The van der Waals surface area contributed by atoms with Gasteiger partial charge in [-0.3, -0.25) is 9.69 Å². The third kappa shape index (κ3) is 3.20. The minimum atomic E-state index is 0.250. The van der Waals surface area contributed by atoms with Gasteiger partial charge in [0.1, 0.15) is 0 Å². The summed E-state index contributed by atoms with van der Waals surface area (Å²) in [6.07, 6.45) is 2.50. The Bertz CT molecular complexity index is 427. The zero-order valence-corrected chi connectivity index (χ0v) is 11.6. The van der Waals surface area contributed by atoms with Crippen molar-refractivity contribution in [1.82, 2.24) is 4.90 Å². The van der Waals surface area contributed by atoms with Gasteiger partial charge in [-0.25, -0.2) is 0 Å². The average molecular weight is 245 g/mol. The van der Waals surface area contributed by atoms with Crippen molar-refractivity contribution in [2.45, 2.75) is 39.7 Å². The minimum absolute atomic E-state index is 0.250. The summed E-state index contributed by atoms with van der Waals surface area (Å²) in [4.78, 5) is 14.6. The molecule has 1 saturated heterocycles. The first-order valence-corrected chi connectivity index (χ1v) is 6.90. The Morgan fingerprint density at radius 3 is 2.83 bits per heavy atom. The summed E-state index contributed by atoms with van der Waals surface area (Å²) >= 11 is 0. The second-order valence-electron chi connectivity index (χ2n) is 5.75. The Labute approximate surface area is 110 Å². The zero-order valence-electron chi connectivity index (χ0n) is 11.6. The topological polar surface area (TPSA) is 20.3 Å². The molecule has 2 atom stereocenters. The second kappa shape index (κ2) is 5.66. The van der Waals surface area contributed by atoms with Crippen LogP contribution in [0.1, 0.15) is 42.6 Å². The molecule has 1 aliphatic rings. The van der Waals surface area contributed by atoms with Crippen molar-refractivity contribution in [3.63, 3.8) is 0 Å². The number of benzene rings is 1. The van der Waals surface area contributed by atoms with Gasteiger partial charge in [-0.15, -0.1) is 0 Å². The SMILES string of the molecule is Cc1cccc(C(=O)CN2CC(C)CCC2C)c1. The standard InChI is InChI=1S/C16H23NO/c1-12-5-4-6-15(9-12)16(18)11-17-10-13(2)7-8-14(17)3/h4-6,9,13-14H,7-8,10-11H2,1-3H3. The fourth-order valence-corrected chi connectivity index (χ4v) is 2.69. The van der Waals surface area contributed by atoms with Gasteiger partial charge in [0.2, 0.25) is 0 Å². The number of carbonyl (C=O) groups excluding carboxylic acids is 1. The smallest absolute Gasteiger partial charge is 0.176 e. The van der Waals surface area contributed by atoms with Crippen LogP contribution < -0.4 is 0 Å². The van der Waals surface area contributed by atoms with Gasteiger partial charge in [-0.2, -0.15) is 0 Å². The summed E-state index contributed by atoms with van der Waals surface area (Å²) in [5.41, 5.74) is 2.00. The largest absolute Gasteiger partial charge is 0.293 e. The Morgan fingerprint density at radius 2 is 2.11 bits per heavy atom. The Kier molecular flexibility index (Phi) is 4.18. The van der Waals surface area contributed by atoms with Crippen LogP contribution in [0.25, 0.3) is 0 Å². The van der Waals surface area contributed by atoms with Gasteiger partial charge in [0.15, 0.2) is 5.78 Å². The average Bonchev–Trinajstić information content (AvgIpc) is 2.34. The predicted molar refractivity (Wildman–Crippen MR) is 74.9 cm³/mol. The highest BCUT2D eigenvalue weighted by Gasteiger charge is 2.24. The number of ketones is 1. The summed E-state index contributed by atoms with van der Waals surface area (Å²) in [7, 11) is 0. The maximum Gasteiger partial charge on any atom is 0.176 e. The number of Topliss-reactive ketones (excluding diaryl/α,β-unsaturated/α-hetero) is 1. The number of hydrogen-bond donors (Lipinski definition) is 0. The summed E-state index contributed by atoms with van der Waals surface area (Å²) in [6, 6.07) is 8.44. The predicted octanol–water partition coefficient (Wildman–Crippen LogP) is 3.30. The summed E-state index contributed by atoms with van der Waals surface area (Å²) < 4.78 is 0. The molecular formula is C16H23NO. The van der Waals surface area contributed by atoms with E-state index in [1.165, 1.54) is 12.8 Å². The van der Waals surface area contributed by atoms with Crippen LogP contribution in [-0.2, 0) is 0 Å². The molecule has 1 aliphatic heterocycles. The molecule has 1 heterocycles. The molecule has 1 aromatic rings. The van der Waals surface area contributed by atoms with Gasteiger partial charge in [0.25, 0.3) is 0 Å². The molecule has 2 heteroatoms. The fraction of sp³-hybridized carbons (Fsp3) is 0.562. The highest BCUT2D eigenvalue weighted by molar-refractivity contribution is 5.97. The molecule has 2 rings (SSSR count). The van der Waals surface area contributed by atoms with Gasteiger partial charge in [0, 0.05) is 18.2 Å². The zero-order chi connectivity index (χ0) is 13.1. The van der Waals surface area contributed by atoms with Crippen molar-refractivity contribution >= 4 is 5.78 Å². The van der Waals surface area contributed by atoms with Gasteiger partial charge in [-0.05, 0) is 38.7 Å². The molecular weight excluding hydrogens is 222 g/mol. The maximum atomic E-state index is 12.3. The molecule has 18 heavy (non-hydrogen) atoms. The van der Waals surface area contributed by atoms with Gasteiger partial charge < -0.3 is 0 Å². The van der Waals surface area contributed by atoms with Crippen molar-refractivity contribution in [2.75, 3.05) is 13.1 Å². The molecule has 0 aromatic heterocycles. The molecule has 0 aliphatic carbocycles. The molecule has 0 amide bonds. The Morgan fingerprint density at radius 1 is 1.33 bits per heavy atom. The monoisotopic (exact) mass is 245 g/mol. The molecule has 2 nitrogen and oxygen atoms in total. The molecule has 2 unspecified atom stereocenters. The van der Waals surface area contributed by atoms with E-state index < -0.39 is 0 Å². The number of likely N-dealkylation sites (tertiary alicyclic amines) is 1. The number of hydrogen-bond acceptors (Lipinski definition) is 2. The molecule has 0 spiro atoms. The highest BCUT2D eigenvalue weighted by Crippen LogP contribution is 2.21. The van der Waals surface area contributed by atoms with E-state index in [1.807, 2.05) is 31.2 Å². The lowest BCUT2D eigenvalue weighted by Gasteiger charge is -2.36. The highest BCUT2D eigenvalue weighted by atomic mass is 16.1. The second-order valence-corrected chi connectivity index (χ2v) is 5.75. The first kappa shape index (κ1) is 13.3. The molecule has 0 saturated carbocycles. The summed E-state index contributed by atoms with van der Waals surface area (Å²) in [6.45, 7) is 8.15. The maximum absolute atomic E-state index is 12.3. The van der Waals surface area contributed by atoms with Crippen molar-refractivity contribution in [3.05, 3.63) is 35.4 Å². The lowest BCUT2D eigenvalue weighted by Crippen LogP contribution is -2.43. The summed E-state index contributed by atoms with van der Waals surface area (Å²) in [5, 5.41) is 0. The third-order valence-corrected chi connectivity index (χ3v) is 3.93. The van der Waals surface area contributed by atoms with Gasteiger partial charge in [-0.1, -0.05) is 30.7 Å². The van der Waals surface area contributed by atoms with Crippen LogP contribution in [0.5, 0.6) is 0 Å². The van der Waals surface area contributed by atoms with E-state index in [9.17, 15) is 4.79 Å². The van der Waals surface area contributed by atoms with Crippen LogP contribution in [0.15, 0.2) is 24.3 Å². The number of nitrogens with zero attached hydrogens (tertiary/aromatic N) is 1.